The zero-order valence-electron chi connectivity index (χ0n) is 18.1. The maximum atomic E-state index is 13.8. The van der Waals surface area contributed by atoms with Crippen molar-refractivity contribution in [1.29, 1.82) is 0 Å². The molecular weight excluding hydrogens is 456 g/mol. The van der Waals surface area contributed by atoms with Gasteiger partial charge in [-0.25, -0.2) is 0 Å². The van der Waals surface area contributed by atoms with E-state index >= 15 is 0 Å². The van der Waals surface area contributed by atoms with Crippen LogP contribution in [-0.2, 0) is 14.4 Å². The fraction of sp³-hybridized carbons (Fsp3) is 0.240. The molecule has 1 amide bonds. The molecule has 180 valence electrons. The molecule has 0 spiro atoms. The van der Waals surface area contributed by atoms with Gasteiger partial charge in [-0.2, -0.15) is 0 Å². The summed E-state index contributed by atoms with van der Waals surface area (Å²) in [6.45, 7) is 0. The normalized spacial score (nSPS) is 32.1. The van der Waals surface area contributed by atoms with E-state index in [1.54, 1.807) is 42.5 Å². The van der Waals surface area contributed by atoms with E-state index in [2.05, 4.69) is 0 Å². The van der Waals surface area contributed by atoms with Gasteiger partial charge in [0.25, 0.3) is 5.91 Å². The Hall–Kier alpha value is -3.99. The number of benzene rings is 2. The summed E-state index contributed by atoms with van der Waals surface area (Å²) in [6, 6.07) is 11.4. The van der Waals surface area contributed by atoms with Gasteiger partial charge < -0.3 is 37.0 Å². The Labute approximate surface area is 198 Å². The number of amides is 1. The topological polar surface area (TPSA) is 204 Å². The van der Waals surface area contributed by atoms with Crippen molar-refractivity contribution in [2.45, 2.75) is 23.7 Å². The van der Waals surface area contributed by atoms with Crippen LogP contribution >= 0.6 is 0 Å². The molecule has 0 aliphatic heterocycles. The lowest BCUT2D eigenvalue weighted by molar-refractivity contribution is -0.162. The van der Waals surface area contributed by atoms with Crippen molar-refractivity contribution in [3.05, 3.63) is 82.1 Å². The quantitative estimate of drug-likeness (QED) is 0.288. The molecule has 0 bridgehead atoms. The molecule has 0 saturated heterocycles. The van der Waals surface area contributed by atoms with Gasteiger partial charge in [0.15, 0.2) is 11.4 Å². The molecule has 0 heterocycles. The van der Waals surface area contributed by atoms with Crippen LogP contribution in [0.2, 0.25) is 0 Å². The lowest BCUT2D eigenvalue weighted by Gasteiger charge is -2.52. The average Bonchev–Trinajstić information content (AvgIpc) is 2.82. The smallest absolute Gasteiger partial charge is 0.255 e. The number of carbonyl (C=O) groups excluding carboxylic acids is 3. The molecule has 6 atom stereocenters. The molecule has 0 aromatic heterocycles. The van der Waals surface area contributed by atoms with E-state index in [0.29, 0.717) is 11.1 Å². The van der Waals surface area contributed by atoms with E-state index in [1.807, 2.05) is 0 Å². The predicted octanol–water partition coefficient (Wildman–Crippen LogP) is -0.0787. The highest BCUT2D eigenvalue weighted by molar-refractivity contribution is 6.24. The van der Waals surface area contributed by atoms with Gasteiger partial charge in [0.2, 0.25) is 5.78 Å². The Morgan fingerprint density at radius 2 is 1.63 bits per heavy atom. The van der Waals surface area contributed by atoms with Gasteiger partial charge in [-0.3, -0.25) is 14.4 Å². The van der Waals surface area contributed by atoms with Crippen LogP contribution in [0.3, 0.4) is 0 Å². The molecule has 5 rings (SSSR count). The molecule has 0 radical (unpaired) electrons. The molecule has 2 aromatic rings. The Balaban J connectivity index is 1.85. The first-order chi connectivity index (χ1) is 16.5. The Bertz CT molecular complexity index is 1360. The van der Waals surface area contributed by atoms with Crippen LogP contribution in [0, 0.1) is 11.8 Å². The van der Waals surface area contributed by atoms with E-state index in [9.17, 15) is 39.9 Å². The van der Waals surface area contributed by atoms with Crippen LogP contribution in [0.4, 0.5) is 0 Å². The zero-order chi connectivity index (χ0) is 25.4. The number of hydrogen-bond donors (Lipinski definition) is 7. The first-order valence-electron chi connectivity index (χ1n) is 10.8. The summed E-state index contributed by atoms with van der Waals surface area (Å²) in [4.78, 5) is 38.5. The minimum absolute atomic E-state index is 0.0787. The van der Waals surface area contributed by atoms with Crippen LogP contribution in [-0.4, -0.2) is 60.8 Å². The van der Waals surface area contributed by atoms with Gasteiger partial charge in [0.1, 0.15) is 22.8 Å². The lowest BCUT2D eigenvalue weighted by Crippen LogP contribution is -2.70. The first-order valence-corrected chi connectivity index (χ1v) is 10.8. The molecular formula is C25H22N2O8. The van der Waals surface area contributed by atoms with Crippen molar-refractivity contribution in [3.8, 4) is 5.75 Å². The van der Waals surface area contributed by atoms with Crippen LogP contribution in [0.1, 0.15) is 22.6 Å². The number of rotatable bonds is 2. The largest absolute Gasteiger partial charge is 0.508 e. The Kier molecular flexibility index (Phi) is 4.89. The van der Waals surface area contributed by atoms with E-state index < -0.39 is 75.6 Å². The molecule has 10 heteroatoms. The predicted molar refractivity (Wildman–Crippen MR) is 121 cm³/mol. The van der Waals surface area contributed by atoms with Crippen molar-refractivity contribution < 1.29 is 39.9 Å². The second kappa shape index (κ2) is 7.51. The maximum Gasteiger partial charge on any atom is 0.255 e. The molecule has 9 N–H and O–H groups in total. The number of Topliss-reactive ketones (excluding diaryl/α,β-unsaturated/α-hetero) is 2. The molecule has 10 nitrogen and oxygen atoms in total. The van der Waals surface area contributed by atoms with Gasteiger partial charge in [-0.05, 0) is 17.2 Å². The highest BCUT2D eigenvalue weighted by Crippen LogP contribution is 2.56. The van der Waals surface area contributed by atoms with Gasteiger partial charge in [0, 0.05) is 17.4 Å². The van der Waals surface area contributed by atoms with Crippen molar-refractivity contribution >= 4 is 23.2 Å². The third-order valence-corrected chi connectivity index (χ3v) is 7.34. The van der Waals surface area contributed by atoms with E-state index in [-0.39, 0.29) is 11.3 Å². The monoisotopic (exact) mass is 478 g/mol. The Morgan fingerprint density at radius 3 is 2.26 bits per heavy atom. The molecule has 0 unspecified atom stereocenters. The number of hydrogen-bond acceptors (Lipinski definition) is 9. The number of ketones is 2. The van der Waals surface area contributed by atoms with Gasteiger partial charge >= 0.3 is 0 Å². The van der Waals surface area contributed by atoms with Crippen molar-refractivity contribution in [3.63, 3.8) is 0 Å². The summed E-state index contributed by atoms with van der Waals surface area (Å²) >= 11 is 0. The highest BCUT2D eigenvalue weighted by Gasteiger charge is 2.67. The fourth-order valence-electron chi connectivity index (χ4n) is 5.84. The van der Waals surface area contributed by atoms with Crippen LogP contribution < -0.4 is 11.5 Å². The third kappa shape index (κ3) is 2.78. The minimum atomic E-state index is -3.01. The summed E-state index contributed by atoms with van der Waals surface area (Å²) < 4.78 is 0. The number of fused-ring (bicyclic) bond motifs is 3. The van der Waals surface area contributed by atoms with Gasteiger partial charge in [0.05, 0.1) is 23.6 Å². The zero-order valence-corrected chi connectivity index (χ0v) is 18.1. The summed E-state index contributed by atoms with van der Waals surface area (Å²) in [7, 11) is 0. The first kappa shape index (κ1) is 22.8. The number of primary amides is 1. The second-order valence-corrected chi connectivity index (χ2v) is 9.01. The SMILES string of the molecule is NC(=O)C1=C(O)[C@@]2(O)C(=O)C3=C(O)c4c(O)cccc4[C@@H](c4ccccc4)[C@H]3[C@H](O)[C@H]2[C@H](N)C1=O. The second-order valence-electron chi connectivity index (χ2n) is 9.01. The Morgan fingerprint density at radius 1 is 0.971 bits per heavy atom. The molecule has 35 heavy (non-hydrogen) atoms. The van der Waals surface area contributed by atoms with E-state index in [0.717, 1.165) is 0 Å². The fourth-order valence-corrected chi connectivity index (χ4v) is 5.84. The summed E-state index contributed by atoms with van der Waals surface area (Å²) in [5.74, 6) is -9.96. The van der Waals surface area contributed by atoms with Crippen LogP contribution in [0.5, 0.6) is 5.75 Å². The number of aliphatic hydroxyl groups is 4. The molecule has 3 aliphatic rings. The number of nitrogens with two attached hydrogens (primary N) is 2. The van der Waals surface area contributed by atoms with Crippen LogP contribution in [0.25, 0.3) is 5.76 Å². The highest BCUT2D eigenvalue weighted by atomic mass is 16.4. The number of phenols is 1. The molecule has 3 aliphatic carbocycles. The van der Waals surface area contributed by atoms with Crippen molar-refractivity contribution in [1.82, 2.24) is 0 Å². The average molecular weight is 478 g/mol. The number of aromatic hydroxyl groups is 1. The van der Waals surface area contributed by atoms with Crippen molar-refractivity contribution in [2.24, 2.45) is 23.3 Å². The molecule has 1 saturated carbocycles. The van der Waals surface area contributed by atoms with Crippen molar-refractivity contribution in [2.75, 3.05) is 0 Å². The number of aliphatic hydroxyl groups excluding tert-OH is 3. The summed E-state index contributed by atoms with van der Waals surface area (Å²) in [5, 5.41) is 55.5. The standard InChI is InChI=1S/C25H22N2O8/c26-18-17-20(30)14-12(9-5-2-1-3-6-9)10-7-4-8-11(28)13(10)19(29)15(14)22(32)25(17,35)23(33)16(21(18)31)24(27)34/h1-8,12,14,17-18,20,28-30,33,35H,26H2,(H2,27,34)/t12-,14-,17-,18+,20+,25+/m1/s1. The summed E-state index contributed by atoms with van der Waals surface area (Å²) in [5.41, 5.74) is 7.62. The van der Waals surface area contributed by atoms with E-state index in [1.165, 1.54) is 6.07 Å². The maximum absolute atomic E-state index is 13.8. The number of phenolic OH excluding ortho intramolecular Hbond substituents is 1. The number of carbonyl (C=O) groups is 3. The third-order valence-electron chi connectivity index (χ3n) is 7.34. The van der Waals surface area contributed by atoms with E-state index in [4.69, 9.17) is 11.5 Å². The molecule has 2 aromatic carbocycles. The minimum Gasteiger partial charge on any atom is -0.508 e. The van der Waals surface area contributed by atoms with Gasteiger partial charge in [-0.1, -0.05) is 42.5 Å². The lowest BCUT2D eigenvalue weighted by atomic mass is 9.53. The molecule has 1 fully saturated rings. The summed E-state index contributed by atoms with van der Waals surface area (Å²) in [6.07, 6.45) is -1.74. The van der Waals surface area contributed by atoms with Crippen LogP contribution in [0.15, 0.2) is 65.4 Å². The van der Waals surface area contributed by atoms with Gasteiger partial charge in [-0.15, -0.1) is 0 Å².